The van der Waals surface area contributed by atoms with Crippen LogP contribution >= 0.6 is 0 Å². The van der Waals surface area contributed by atoms with Crippen LogP contribution in [0.2, 0.25) is 0 Å². The monoisotopic (exact) mass is 242 g/mol. The molecule has 0 saturated heterocycles. The van der Waals surface area contributed by atoms with Crippen molar-refractivity contribution in [2.75, 3.05) is 0 Å². The van der Waals surface area contributed by atoms with E-state index in [4.69, 9.17) is 5.11 Å². The molecule has 9 heteroatoms. The van der Waals surface area contributed by atoms with Gasteiger partial charge in [0.1, 0.15) is 0 Å². The highest BCUT2D eigenvalue weighted by Crippen LogP contribution is 2.21. The third-order valence-corrected chi connectivity index (χ3v) is 1.74. The fourth-order valence-electron chi connectivity index (χ4n) is 0.982. The van der Waals surface area contributed by atoms with Crippen molar-refractivity contribution in [3.63, 3.8) is 0 Å². The number of rotatable bonds is 2. The summed E-state index contributed by atoms with van der Waals surface area (Å²) < 4.78 is 48.3. The largest absolute Gasteiger partial charge is 0.492 e. The number of nitrogens with one attached hydrogen (secondary N) is 1. The molecule has 0 aliphatic rings. The van der Waals surface area contributed by atoms with Crippen LogP contribution < -0.4 is 11.2 Å². The second-order valence-electron chi connectivity index (χ2n) is 2.91. The predicted octanol–water partition coefficient (Wildman–Crippen LogP) is 0.334. The van der Waals surface area contributed by atoms with E-state index in [9.17, 15) is 27.2 Å². The molecule has 0 aromatic carbocycles. The molecule has 1 rings (SSSR count). The number of halogens is 4. The third kappa shape index (κ3) is 2.61. The van der Waals surface area contributed by atoms with Gasteiger partial charge in [-0.25, -0.2) is 4.79 Å². The number of aromatic hydroxyl groups is 1. The standard InChI is InChI=1S/C7H6F4N2O3/c8-3-4(14)12-6(16)13(5(3)15)2-1-7(9,10)11/h15H,1-2H2,(H,12,14,16). The molecule has 0 atom stereocenters. The minimum Gasteiger partial charge on any atom is -0.492 e. The van der Waals surface area contributed by atoms with E-state index in [1.807, 2.05) is 0 Å². The van der Waals surface area contributed by atoms with E-state index >= 15 is 0 Å². The molecular weight excluding hydrogens is 236 g/mol. The summed E-state index contributed by atoms with van der Waals surface area (Å²) >= 11 is 0. The van der Waals surface area contributed by atoms with Crippen LogP contribution in [0, 0.1) is 5.82 Å². The van der Waals surface area contributed by atoms with Gasteiger partial charge in [0.05, 0.1) is 6.42 Å². The molecule has 0 unspecified atom stereocenters. The molecule has 0 spiro atoms. The van der Waals surface area contributed by atoms with Gasteiger partial charge < -0.3 is 5.11 Å². The first-order valence-electron chi connectivity index (χ1n) is 4.00. The van der Waals surface area contributed by atoms with E-state index in [-0.39, 0.29) is 4.57 Å². The maximum Gasteiger partial charge on any atom is 0.390 e. The van der Waals surface area contributed by atoms with Crippen molar-refractivity contribution in [1.82, 2.24) is 9.55 Å². The van der Waals surface area contributed by atoms with Crippen molar-refractivity contribution in [2.45, 2.75) is 19.1 Å². The lowest BCUT2D eigenvalue weighted by Gasteiger charge is -2.09. The Bertz CT molecular complexity index is 502. The molecule has 0 saturated carbocycles. The van der Waals surface area contributed by atoms with Crippen LogP contribution in [0.3, 0.4) is 0 Å². The fourth-order valence-corrected chi connectivity index (χ4v) is 0.982. The Morgan fingerprint density at radius 3 is 2.38 bits per heavy atom. The van der Waals surface area contributed by atoms with Gasteiger partial charge in [0, 0.05) is 6.54 Å². The molecule has 90 valence electrons. The second kappa shape index (κ2) is 3.99. The van der Waals surface area contributed by atoms with Crippen molar-refractivity contribution < 1.29 is 22.7 Å². The van der Waals surface area contributed by atoms with Crippen LogP contribution in [-0.4, -0.2) is 20.8 Å². The lowest BCUT2D eigenvalue weighted by atomic mass is 10.4. The van der Waals surface area contributed by atoms with Gasteiger partial charge in [-0.2, -0.15) is 17.6 Å². The van der Waals surface area contributed by atoms with E-state index in [1.54, 1.807) is 0 Å². The Balaban J connectivity index is 3.11. The number of H-pyrrole nitrogens is 1. The highest BCUT2D eigenvalue weighted by atomic mass is 19.4. The summed E-state index contributed by atoms with van der Waals surface area (Å²) in [5.41, 5.74) is -2.78. The topological polar surface area (TPSA) is 75.1 Å². The van der Waals surface area contributed by atoms with E-state index in [2.05, 4.69) is 0 Å². The molecule has 1 aromatic rings. The molecule has 1 aromatic heterocycles. The third-order valence-electron chi connectivity index (χ3n) is 1.74. The van der Waals surface area contributed by atoms with Gasteiger partial charge in [-0.1, -0.05) is 0 Å². The zero-order chi connectivity index (χ0) is 12.5. The Morgan fingerprint density at radius 2 is 1.88 bits per heavy atom. The fraction of sp³-hybridized carbons (Fsp3) is 0.429. The number of alkyl halides is 3. The molecule has 5 nitrogen and oxygen atoms in total. The number of hydrogen-bond acceptors (Lipinski definition) is 3. The van der Waals surface area contributed by atoms with E-state index in [0.717, 1.165) is 0 Å². The summed E-state index contributed by atoms with van der Waals surface area (Å²) in [7, 11) is 0. The maximum absolute atomic E-state index is 12.8. The molecule has 0 radical (unpaired) electrons. The summed E-state index contributed by atoms with van der Waals surface area (Å²) in [6, 6.07) is 0. The number of aromatic nitrogens is 2. The molecule has 0 aliphatic heterocycles. The highest BCUT2D eigenvalue weighted by molar-refractivity contribution is 5.09. The van der Waals surface area contributed by atoms with Gasteiger partial charge in [-0.3, -0.25) is 14.3 Å². The van der Waals surface area contributed by atoms with Gasteiger partial charge in [0.2, 0.25) is 11.7 Å². The normalized spacial score (nSPS) is 11.8. The maximum atomic E-state index is 12.8. The van der Waals surface area contributed by atoms with Crippen molar-refractivity contribution in [3.05, 3.63) is 26.7 Å². The van der Waals surface area contributed by atoms with E-state index in [0.29, 0.717) is 0 Å². The summed E-state index contributed by atoms with van der Waals surface area (Å²) in [5.74, 6) is -3.10. The SMILES string of the molecule is O=c1[nH]c(=O)n(CCC(F)(F)F)c(O)c1F. The van der Waals surface area contributed by atoms with Crippen molar-refractivity contribution in [2.24, 2.45) is 0 Å². The van der Waals surface area contributed by atoms with E-state index in [1.165, 1.54) is 4.98 Å². The second-order valence-corrected chi connectivity index (χ2v) is 2.91. The summed E-state index contributed by atoms with van der Waals surface area (Å²) in [6.45, 7) is -0.970. The quantitative estimate of drug-likeness (QED) is 0.734. The molecule has 0 bridgehead atoms. The number of nitrogens with zero attached hydrogens (tertiary/aromatic N) is 1. The van der Waals surface area contributed by atoms with Crippen molar-refractivity contribution in [3.8, 4) is 5.88 Å². The molecule has 0 fully saturated rings. The smallest absolute Gasteiger partial charge is 0.390 e. The highest BCUT2D eigenvalue weighted by Gasteiger charge is 2.28. The average Bonchev–Trinajstić information content (AvgIpc) is 2.12. The van der Waals surface area contributed by atoms with Crippen LogP contribution in [0.15, 0.2) is 9.59 Å². The van der Waals surface area contributed by atoms with Gasteiger partial charge in [-0.15, -0.1) is 0 Å². The van der Waals surface area contributed by atoms with Gasteiger partial charge >= 0.3 is 11.9 Å². The Hall–Kier alpha value is -1.80. The van der Waals surface area contributed by atoms with Crippen LogP contribution in [0.5, 0.6) is 5.88 Å². The summed E-state index contributed by atoms with van der Waals surface area (Å²) in [4.78, 5) is 23.0. The lowest BCUT2D eigenvalue weighted by molar-refractivity contribution is -0.137. The van der Waals surface area contributed by atoms with Crippen LogP contribution in [-0.2, 0) is 6.54 Å². The molecule has 2 N–H and O–H groups in total. The van der Waals surface area contributed by atoms with Gasteiger partial charge in [0.15, 0.2) is 0 Å². The minimum atomic E-state index is -4.56. The number of hydrogen-bond donors (Lipinski definition) is 2. The first kappa shape index (κ1) is 12.3. The van der Waals surface area contributed by atoms with E-state index < -0.39 is 42.1 Å². The Morgan fingerprint density at radius 1 is 1.31 bits per heavy atom. The molecular formula is C7H6F4N2O3. The summed E-state index contributed by atoms with van der Waals surface area (Å²) in [5, 5.41) is 8.96. The molecule has 16 heavy (non-hydrogen) atoms. The molecule has 0 amide bonds. The van der Waals surface area contributed by atoms with Crippen molar-refractivity contribution in [1.29, 1.82) is 0 Å². The Kier molecular flexibility index (Phi) is 3.06. The van der Waals surface area contributed by atoms with Crippen LogP contribution in [0.25, 0.3) is 0 Å². The minimum absolute atomic E-state index is 0.101. The van der Waals surface area contributed by atoms with Gasteiger partial charge in [0.25, 0.3) is 5.56 Å². The Labute approximate surface area is 85.0 Å². The lowest BCUT2D eigenvalue weighted by Crippen LogP contribution is -2.33. The molecule has 1 heterocycles. The average molecular weight is 242 g/mol. The zero-order valence-electron chi connectivity index (χ0n) is 7.64. The van der Waals surface area contributed by atoms with Crippen LogP contribution in [0.1, 0.15) is 6.42 Å². The zero-order valence-corrected chi connectivity index (χ0v) is 7.64. The summed E-state index contributed by atoms with van der Waals surface area (Å²) in [6.07, 6.45) is -5.98. The first-order valence-corrected chi connectivity index (χ1v) is 4.00. The number of aromatic amines is 1. The van der Waals surface area contributed by atoms with Crippen molar-refractivity contribution >= 4 is 0 Å². The molecule has 0 aliphatic carbocycles. The van der Waals surface area contributed by atoms with Gasteiger partial charge in [-0.05, 0) is 0 Å². The van der Waals surface area contributed by atoms with Crippen LogP contribution in [0.4, 0.5) is 17.6 Å². The predicted molar refractivity (Wildman–Crippen MR) is 43.6 cm³/mol. The first-order chi connectivity index (χ1) is 7.22.